The van der Waals surface area contributed by atoms with Crippen molar-refractivity contribution in [3.63, 3.8) is 0 Å². The minimum Gasteiger partial charge on any atom is -0.457 e. The van der Waals surface area contributed by atoms with E-state index in [2.05, 4.69) is 0 Å². The van der Waals surface area contributed by atoms with Crippen LogP contribution < -0.4 is 14.5 Å². The van der Waals surface area contributed by atoms with E-state index in [0.29, 0.717) is 45.1 Å². The summed E-state index contributed by atoms with van der Waals surface area (Å²) in [4.78, 5) is 53.2. The highest BCUT2D eigenvalue weighted by atomic mass is 16.5. The third-order valence-corrected chi connectivity index (χ3v) is 5.99. The Labute approximate surface area is 199 Å². The first-order valence-corrected chi connectivity index (χ1v) is 10.9. The van der Waals surface area contributed by atoms with E-state index in [4.69, 9.17) is 4.74 Å². The zero-order valence-corrected chi connectivity index (χ0v) is 18.2. The molecule has 0 saturated heterocycles. The minimum absolute atomic E-state index is 0.368. The number of anilines is 2. The number of imide groups is 2. The number of carbonyl (C=O) groups is 4. The molecule has 0 unspecified atom stereocenters. The van der Waals surface area contributed by atoms with E-state index in [0.717, 1.165) is 9.80 Å². The van der Waals surface area contributed by atoms with Gasteiger partial charge in [0.05, 0.1) is 33.6 Å². The lowest BCUT2D eigenvalue weighted by Crippen LogP contribution is -2.29. The number of fused-ring (bicyclic) bond motifs is 2. The van der Waals surface area contributed by atoms with Gasteiger partial charge in [0.1, 0.15) is 11.5 Å². The molecule has 0 N–H and O–H groups in total. The number of ether oxygens (including phenoxy) is 1. The van der Waals surface area contributed by atoms with Crippen LogP contribution in [-0.2, 0) is 0 Å². The molecule has 0 atom stereocenters. The topological polar surface area (TPSA) is 84.0 Å². The monoisotopic (exact) mass is 460 g/mol. The molecule has 0 spiro atoms. The number of amides is 4. The van der Waals surface area contributed by atoms with Gasteiger partial charge in [-0.2, -0.15) is 0 Å². The van der Waals surface area contributed by atoms with Gasteiger partial charge in [0.25, 0.3) is 23.6 Å². The maximum Gasteiger partial charge on any atom is 0.266 e. The van der Waals surface area contributed by atoms with Crippen molar-refractivity contribution in [3.8, 4) is 11.5 Å². The predicted molar refractivity (Wildman–Crippen MR) is 128 cm³/mol. The molecule has 0 radical (unpaired) electrons. The molecule has 0 aliphatic carbocycles. The minimum atomic E-state index is -0.381. The normalized spacial score (nSPS) is 14.4. The van der Waals surface area contributed by atoms with Crippen LogP contribution in [0.15, 0.2) is 97.1 Å². The molecule has 35 heavy (non-hydrogen) atoms. The fraction of sp³-hybridized carbons (Fsp3) is 0. The van der Waals surface area contributed by atoms with Crippen molar-refractivity contribution in [2.75, 3.05) is 9.80 Å². The Kier molecular flexibility index (Phi) is 4.57. The molecule has 0 fully saturated rings. The Morgan fingerprint density at radius 1 is 0.429 bits per heavy atom. The van der Waals surface area contributed by atoms with Crippen molar-refractivity contribution >= 4 is 35.0 Å². The molecular weight excluding hydrogens is 444 g/mol. The molecule has 2 aliphatic heterocycles. The van der Waals surface area contributed by atoms with Crippen LogP contribution in [-0.4, -0.2) is 23.6 Å². The van der Waals surface area contributed by atoms with Crippen LogP contribution >= 0.6 is 0 Å². The van der Waals surface area contributed by atoms with Crippen LogP contribution in [0.1, 0.15) is 41.4 Å². The van der Waals surface area contributed by atoms with Crippen molar-refractivity contribution in [2.24, 2.45) is 0 Å². The first-order valence-electron chi connectivity index (χ1n) is 10.9. The van der Waals surface area contributed by atoms with Crippen LogP contribution in [0.5, 0.6) is 11.5 Å². The summed E-state index contributed by atoms with van der Waals surface area (Å²) < 4.78 is 5.92. The molecule has 0 aromatic heterocycles. The third kappa shape index (κ3) is 3.21. The highest BCUT2D eigenvalue weighted by Crippen LogP contribution is 2.33. The first kappa shape index (κ1) is 20.6. The van der Waals surface area contributed by atoms with Crippen molar-refractivity contribution in [2.45, 2.75) is 0 Å². The van der Waals surface area contributed by atoms with Gasteiger partial charge in [-0.3, -0.25) is 19.2 Å². The first-order chi connectivity index (χ1) is 17.0. The Hall–Kier alpha value is -5.04. The van der Waals surface area contributed by atoms with E-state index in [9.17, 15) is 19.2 Å². The second-order valence-electron chi connectivity index (χ2n) is 8.08. The molecule has 4 aromatic rings. The Balaban J connectivity index is 1.23. The third-order valence-electron chi connectivity index (χ3n) is 5.99. The van der Waals surface area contributed by atoms with Gasteiger partial charge in [0, 0.05) is 6.07 Å². The zero-order valence-electron chi connectivity index (χ0n) is 18.2. The lowest BCUT2D eigenvalue weighted by atomic mass is 10.1. The van der Waals surface area contributed by atoms with Gasteiger partial charge in [0.15, 0.2) is 0 Å². The molecular formula is C28H16N2O5. The lowest BCUT2D eigenvalue weighted by molar-refractivity contribution is 0.0910. The van der Waals surface area contributed by atoms with E-state index in [1.54, 1.807) is 97.1 Å². The van der Waals surface area contributed by atoms with Gasteiger partial charge < -0.3 is 4.74 Å². The fourth-order valence-electron chi connectivity index (χ4n) is 4.33. The SMILES string of the molecule is O=C1c2ccccc2C(=O)N1c1ccc(Oc2cccc(N3C(=O)c4ccccc4C3=O)c2)cc1. The number of carbonyl (C=O) groups excluding carboxylic acids is 4. The Bertz CT molecular complexity index is 1490. The fourth-order valence-corrected chi connectivity index (χ4v) is 4.33. The molecule has 0 bridgehead atoms. The van der Waals surface area contributed by atoms with Crippen LogP contribution in [0.25, 0.3) is 0 Å². The Morgan fingerprint density at radius 3 is 1.37 bits per heavy atom. The quantitative estimate of drug-likeness (QED) is 0.397. The van der Waals surface area contributed by atoms with E-state index in [1.807, 2.05) is 0 Å². The summed E-state index contributed by atoms with van der Waals surface area (Å²) in [6.07, 6.45) is 0. The molecule has 4 aromatic carbocycles. The molecule has 6 rings (SSSR count). The van der Waals surface area contributed by atoms with Crippen LogP contribution in [0.2, 0.25) is 0 Å². The van der Waals surface area contributed by atoms with E-state index < -0.39 is 0 Å². The number of nitrogens with zero attached hydrogens (tertiary/aromatic N) is 2. The van der Waals surface area contributed by atoms with Crippen molar-refractivity contribution in [1.82, 2.24) is 0 Å². The van der Waals surface area contributed by atoms with Gasteiger partial charge >= 0.3 is 0 Å². The molecule has 168 valence electrons. The lowest BCUT2D eigenvalue weighted by Gasteiger charge is -2.16. The highest BCUT2D eigenvalue weighted by Gasteiger charge is 2.37. The number of benzene rings is 4. The van der Waals surface area contributed by atoms with Gasteiger partial charge in [-0.15, -0.1) is 0 Å². The summed E-state index contributed by atoms with van der Waals surface area (Å²) in [6.45, 7) is 0. The predicted octanol–water partition coefficient (Wildman–Crippen LogP) is 5.08. The van der Waals surface area contributed by atoms with Gasteiger partial charge in [-0.05, 0) is 60.7 Å². The summed E-state index contributed by atoms with van der Waals surface area (Å²) in [5, 5.41) is 0. The largest absolute Gasteiger partial charge is 0.457 e. The van der Waals surface area contributed by atoms with Crippen molar-refractivity contribution < 1.29 is 23.9 Å². The summed E-state index contributed by atoms with van der Waals surface area (Å²) in [6, 6.07) is 26.6. The number of rotatable bonds is 4. The summed E-state index contributed by atoms with van der Waals surface area (Å²) >= 11 is 0. The summed E-state index contributed by atoms with van der Waals surface area (Å²) in [7, 11) is 0. The van der Waals surface area contributed by atoms with E-state index in [-0.39, 0.29) is 23.6 Å². The van der Waals surface area contributed by atoms with E-state index >= 15 is 0 Å². The van der Waals surface area contributed by atoms with Gasteiger partial charge in [-0.25, -0.2) is 9.80 Å². The second-order valence-corrected chi connectivity index (χ2v) is 8.08. The van der Waals surface area contributed by atoms with Crippen LogP contribution in [0.4, 0.5) is 11.4 Å². The molecule has 7 nitrogen and oxygen atoms in total. The summed E-state index contributed by atoms with van der Waals surface area (Å²) in [5.74, 6) is -0.612. The maximum atomic E-state index is 12.8. The van der Waals surface area contributed by atoms with Gasteiger partial charge in [0.2, 0.25) is 0 Å². The van der Waals surface area contributed by atoms with Crippen LogP contribution in [0.3, 0.4) is 0 Å². The average molecular weight is 460 g/mol. The molecule has 2 aliphatic rings. The maximum absolute atomic E-state index is 12.8. The van der Waals surface area contributed by atoms with Crippen LogP contribution in [0, 0.1) is 0 Å². The van der Waals surface area contributed by atoms with Crippen molar-refractivity contribution in [3.05, 3.63) is 119 Å². The zero-order chi connectivity index (χ0) is 24.1. The van der Waals surface area contributed by atoms with E-state index in [1.165, 1.54) is 0 Å². The molecule has 4 amide bonds. The second kappa shape index (κ2) is 7.78. The van der Waals surface area contributed by atoms with Crippen molar-refractivity contribution in [1.29, 1.82) is 0 Å². The molecule has 0 saturated carbocycles. The number of hydrogen-bond acceptors (Lipinski definition) is 5. The standard InChI is InChI=1S/C28H16N2O5/c31-25-21-8-1-2-9-22(21)26(32)29(25)17-12-14-19(15-13-17)35-20-7-5-6-18(16-20)30-27(33)23-10-3-4-11-24(23)28(30)34/h1-16H. The Morgan fingerprint density at radius 2 is 0.886 bits per heavy atom. The summed E-state index contributed by atoms with van der Waals surface area (Å²) in [5.41, 5.74) is 2.32. The van der Waals surface area contributed by atoms with Gasteiger partial charge in [-0.1, -0.05) is 30.3 Å². The average Bonchev–Trinajstić information content (AvgIpc) is 3.29. The molecule has 7 heteroatoms. The molecule has 2 heterocycles. The smallest absolute Gasteiger partial charge is 0.266 e. The highest BCUT2D eigenvalue weighted by molar-refractivity contribution is 6.35. The number of hydrogen-bond donors (Lipinski definition) is 0.